The third-order valence-corrected chi connectivity index (χ3v) is 5.00. The molecule has 1 saturated heterocycles. The number of hydrogen-bond donors (Lipinski definition) is 1. The molecule has 1 N–H and O–H groups in total. The van der Waals surface area contributed by atoms with E-state index in [1.54, 1.807) is 4.68 Å². The van der Waals surface area contributed by atoms with Gasteiger partial charge in [0.1, 0.15) is 0 Å². The maximum atomic E-state index is 12.4. The number of morpholine rings is 1. The van der Waals surface area contributed by atoms with Crippen molar-refractivity contribution in [3.05, 3.63) is 22.8 Å². The minimum atomic E-state index is -0.0899. The average molecular weight is 376 g/mol. The summed E-state index contributed by atoms with van der Waals surface area (Å²) in [5, 5.41) is 19.4. The lowest BCUT2D eigenvalue weighted by atomic mass is 10.1. The summed E-state index contributed by atoms with van der Waals surface area (Å²) >= 11 is 0. The molecular formula is C17H28N8O2. The van der Waals surface area contributed by atoms with Crippen LogP contribution in [-0.2, 0) is 29.7 Å². The molecule has 1 aliphatic heterocycles. The van der Waals surface area contributed by atoms with Gasteiger partial charge in [-0.2, -0.15) is 5.10 Å². The highest BCUT2D eigenvalue weighted by atomic mass is 16.5. The fraction of sp³-hybridized carbons (Fsp3) is 0.706. The van der Waals surface area contributed by atoms with E-state index in [-0.39, 0.29) is 11.9 Å². The molecule has 0 aliphatic carbocycles. The van der Waals surface area contributed by atoms with E-state index in [0.717, 1.165) is 49.1 Å². The molecule has 0 bridgehead atoms. The molecule has 0 radical (unpaired) electrons. The van der Waals surface area contributed by atoms with Gasteiger partial charge in [-0.15, -0.1) is 5.10 Å². The highest BCUT2D eigenvalue weighted by molar-refractivity contribution is 5.76. The van der Waals surface area contributed by atoms with Crippen molar-refractivity contribution in [2.75, 3.05) is 26.3 Å². The van der Waals surface area contributed by atoms with Crippen molar-refractivity contribution in [2.45, 2.75) is 46.3 Å². The number of rotatable bonds is 7. The van der Waals surface area contributed by atoms with Gasteiger partial charge < -0.3 is 10.1 Å². The molecule has 2 aromatic rings. The Hall–Kier alpha value is -2.33. The van der Waals surface area contributed by atoms with Crippen LogP contribution < -0.4 is 5.32 Å². The zero-order chi connectivity index (χ0) is 19.4. The van der Waals surface area contributed by atoms with Crippen LogP contribution in [0.5, 0.6) is 0 Å². The quantitative estimate of drug-likeness (QED) is 0.732. The number of nitrogens with one attached hydrogen (secondary N) is 1. The number of carbonyl (C=O) groups is 1. The zero-order valence-electron chi connectivity index (χ0n) is 16.5. The Morgan fingerprint density at radius 2 is 2.04 bits per heavy atom. The van der Waals surface area contributed by atoms with E-state index in [0.29, 0.717) is 19.5 Å². The summed E-state index contributed by atoms with van der Waals surface area (Å²) in [6.45, 7) is 10.3. The number of tetrazole rings is 1. The number of hydrogen-bond acceptors (Lipinski definition) is 7. The van der Waals surface area contributed by atoms with Crippen LogP contribution in [0.3, 0.4) is 0 Å². The lowest BCUT2D eigenvalue weighted by Crippen LogP contribution is -2.36. The van der Waals surface area contributed by atoms with E-state index < -0.39 is 0 Å². The Bertz CT molecular complexity index is 778. The molecule has 1 atom stereocenters. The second kappa shape index (κ2) is 8.57. The third kappa shape index (κ3) is 4.69. The predicted molar refractivity (Wildman–Crippen MR) is 97.8 cm³/mol. The number of nitrogens with zero attached hydrogens (tertiary/aromatic N) is 7. The van der Waals surface area contributed by atoms with Gasteiger partial charge in [0.2, 0.25) is 5.91 Å². The lowest BCUT2D eigenvalue weighted by molar-refractivity contribution is -0.122. The first-order valence-corrected chi connectivity index (χ1v) is 9.30. The Morgan fingerprint density at radius 1 is 1.30 bits per heavy atom. The number of aryl methyl sites for hydroxylation is 3. The first kappa shape index (κ1) is 19.4. The van der Waals surface area contributed by atoms with Crippen molar-refractivity contribution in [2.24, 2.45) is 7.05 Å². The molecule has 0 aromatic carbocycles. The van der Waals surface area contributed by atoms with Crippen LogP contribution in [-0.4, -0.2) is 67.1 Å². The third-order valence-electron chi connectivity index (χ3n) is 5.00. The molecule has 1 fully saturated rings. The van der Waals surface area contributed by atoms with Gasteiger partial charge >= 0.3 is 0 Å². The number of aromatic nitrogens is 6. The maximum absolute atomic E-state index is 12.4. The molecule has 0 saturated carbocycles. The fourth-order valence-corrected chi connectivity index (χ4v) is 3.48. The minimum Gasteiger partial charge on any atom is -0.379 e. The summed E-state index contributed by atoms with van der Waals surface area (Å²) in [6.07, 6.45) is 0.323. The summed E-state index contributed by atoms with van der Waals surface area (Å²) in [5.41, 5.74) is 3.07. The number of ether oxygens (including phenoxy) is 1. The summed E-state index contributed by atoms with van der Waals surface area (Å²) in [4.78, 5) is 14.7. The van der Waals surface area contributed by atoms with Crippen LogP contribution in [0.4, 0.5) is 0 Å². The Labute approximate surface area is 158 Å². The largest absolute Gasteiger partial charge is 0.379 e. The van der Waals surface area contributed by atoms with Crippen LogP contribution in [0.2, 0.25) is 0 Å². The van der Waals surface area contributed by atoms with E-state index in [9.17, 15) is 4.79 Å². The average Bonchev–Trinajstić information content (AvgIpc) is 3.17. The molecule has 27 heavy (non-hydrogen) atoms. The van der Waals surface area contributed by atoms with Crippen molar-refractivity contribution in [1.29, 1.82) is 0 Å². The maximum Gasteiger partial charge on any atom is 0.222 e. The lowest BCUT2D eigenvalue weighted by Gasteiger charge is -2.25. The normalized spacial score (nSPS) is 16.4. The van der Waals surface area contributed by atoms with Crippen molar-refractivity contribution < 1.29 is 9.53 Å². The Kier molecular flexibility index (Phi) is 6.17. The standard InChI is InChI=1S/C17H28N8O2/c1-12(17-13(2)20-23(4)14(17)3)18-16(26)5-6-25-15(19-21-22-25)11-24-7-9-27-10-8-24/h12H,5-11H2,1-4H3,(H,18,26)/t12-/m0/s1. The van der Waals surface area contributed by atoms with E-state index in [2.05, 4.69) is 30.8 Å². The van der Waals surface area contributed by atoms with Crippen LogP contribution in [0.1, 0.15) is 42.2 Å². The zero-order valence-corrected chi connectivity index (χ0v) is 16.5. The highest BCUT2D eigenvalue weighted by Crippen LogP contribution is 2.20. The molecule has 148 valence electrons. The first-order valence-electron chi connectivity index (χ1n) is 9.30. The summed E-state index contributed by atoms with van der Waals surface area (Å²) in [7, 11) is 1.91. The van der Waals surface area contributed by atoms with Gasteiger partial charge in [0, 0.05) is 37.8 Å². The first-order chi connectivity index (χ1) is 13.0. The second-order valence-corrected chi connectivity index (χ2v) is 6.95. The smallest absolute Gasteiger partial charge is 0.222 e. The van der Waals surface area contributed by atoms with Crippen LogP contribution in [0, 0.1) is 13.8 Å². The highest BCUT2D eigenvalue weighted by Gasteiger charge is 2.19. The predicted octanol–water partition coefficient (Wildman–Crippen LogP) is 0.123. The number of carbonyl (C=O) groups excluding carboxylic acids is 1. The van der Waals surface area contributed by atoms with Crippen LogP contribution in [0.15, 0.2) is 0 Å². The van der Waals surface area contributed by atoms with E-state index in [1.807, 2.05) is 32.5 Å². The molecule has 0 unspecified atom stereocenters. The molecule has 3 heterocycles. The van der Waals surface area contributed by atoms with Crippen LogP contribution in [0.25, 0.3) is 0 Å². The molecule has 10 nitrogen and oxygen atoms in total. The van der Waals surface area contributed by atoms with Gasteiger partial charge in [0.05, 0.1) is 38.0 Å². The molecular weight excluding hydrogens is 348 g/mol. The molecule has 1 aliphatic rings. The summed E-state index contributed by atoms with van der Waals surface area (Å²) < 4.78 is 8.91. The number of amides is 1. The van der Waals surface area contributed by atoms with Gasteiger partial charge in [0.25, 0.3) is 0 Å². The summed E-state index contributed by atoms with van der Waals surface area (Å²) in [6, 6.07) is -0.0899. The molecule has 10 heteroatoms. The van der Waals surface area contributed by atoms with E-state index in [1.165, 1.54) is 0 Å². The van der Waals surface area contributed by atoms with Crippen molar-refractivity contribution in [3.63, 3.8) is 0 Å². The SMILES string of the molecule is Cc1nn(C)c(C)c1[C@H](C)NC(=O)CCn1nnnc1CN1CCOCC1. The van der Waals surface area contributed by atoms with Crippen molar-refractivity contribution in [3.8, 4) is 0 Å². The Balaban J connectivity index is 1.53. The molecule has 3 rings (SSSR count). The molecule has 1 amide bonds. The van der Waals surface area contributed by atoms with Gasteiger partial charge in [0.15, 0.2) is 5.82 Å². The van der Waals surface area contributed by atoms with Gasteiger partial charge in [-0.05, 0) is 31.2 Å². The fourth-order valence-electron chi connectivity index (χ4n) is 3.48. The van der Waals surface area contributed by atoms with E-state index >= 15 is 0 Å². The molecule has 2 aromatic heterocycles. The van der Waals surface area contributed by atoms with Crippen LogP contribution >= 0.6 is 0 Å². The Morgan fingerprint density at radius 3 is 2.70 bits per heavy atom. The molecule has 0 spiro atoms. The second-order valence-electron chi connectivity index (χ2n) is 6.95. The van der Waals surface area contributed by atoms with Gasteiger partial charge in [-0.3, -0.25) is 14.4 Å². The van der Waals surface area contributed by atoms with E-state index in [4.69, 9.17) is 4.74 Å². The summed E-state index contributed by atoms with van der Waals surface area (Å²) in [5.74, 6) is 0.745. The van der Waals surface area contributed by atoms with Crippen molar-refractivity contribution >= 4 is 5.91 Å². The topological polar surface area (TPSA) is 103 Å². The van der Waals surface area contributed by atoms with Gasteiger partial charge in [-0.25, -0.2) is 4.68 Å². The monoisotopic (exact) mass is 376 g/mol. The van der Waals surface area contributed by atoms with Crippen molar-refractivity contribution in [1.82, 2.24) is 40.2 Å². The minimum absolute atomic E-state index is 0.0297. The van der Waals surface area contributed by atoms with Gasteiger partial charge in [-0.1, -0.05) is 0 Å².